The van der Waals surface area contributed by atoms with Crippen LogP contribution in [0, 0.1) is 0 Å². The molecule has 4 nitrogen and oxygen atoms in total. The maximum Gasteiger partial charge on any atom is 0.276 e. The molecule has 0 spiro atoms. The number of likely N-dealkylation sites (N-methyl/N-ethyl adjacent to an activating group) is 2. The number of amides is 1. The van der Waals surface area contributed by atoms with Gasteiger partial charge in [-0.1, -0.05) is 42.5 Å². The lowest BCUT2D eigenvalue weighted by atomic mass is 10.1. The van der Waals surface area contributed by atoms with E-state index in [2.05, 4.69) is 0 Å². The number of hydrogen-bond donors (Lipinski definition) is 0. The molecular weight excluding hydrogens is 332 g/mol. The Morgan fingerprint density at radius 2 is 1.76 bits per heavy atom. The summed E-state index contributed by atoms with van der Waals surface area (Å²) in [5, 5.41) is 0.543. The number of thiocarbonyl (C=S) groups is 1. The first-order chi connectivity index (χ1) is 12.1. The summed E-state index contributed by atoms with van der Waals surface area (Å²) in [5.74, 6) is 0.738. The molecule has 0 N–H and O–H groups in total. The fraction of sp³-hybridized carbons (Fsp3) is 0.200. The van der Waals surface area contributed by atoms with Gasteiger partial charge in [-0.3, -0.25) is 9.69 Å². The Balaban J connectivity index is 1.70. The largest absolute Gasteiger partial charge is 0.489 e. The molecule has 0 aromatic heterocycles. The van der Waals surface area contributed by atoms with Crippen LogP contribution < -0.4 is 4.74 Å². The van der Waals surface area contributed by atoms with E-state index in [-0.39, 0.29) is 5.91 Å². The van der Waals surface area contributed by atoms with Gasteiger partial charge in [0.05, 0.1) is 0 Å². The highest BCUT2D eigenvalue weighted by Gasteiger charge is 2.34. The zero-order valence-corrected chi connectivity index (χ0v) is 15.1. The van der Waals surface area contributed by atoms with Crippen LogP contribution in [0.4, 0.5) is 0 Å². The van der Waals surface area contributed by atoms with Crippen molar-refractivity contribution in [2.24, 2.45) is 0 Å². The van der Waals surface area contributed by atoms with Gasteiger partial charge in [0.2, 0.25) is 0 Å². The van der Waals surface area contributed by atoms with Gasteiger partial charge in [-0.05, 0) is 48.5 Å². The van der Waals surface area contributed by atoms with Crippen molar-refractivity contribution >= 4 is 29.3 Å². The Bertz CT molecular complexity index is 800. The summed E-state index contributed by atoms with van der Waals surface area (Å²) in [6.07, 6.45) is 1.85. The number of hydrogen-bond acceptors (Lipinski definition) is 3. The van der Waals surface area contributed by atoms with E-state index in [1.165, 1.54) is 0 Å². The first-order valence-electron chi connectivity index (χ1n) is 8.18. The Hall–Kier alpha value is -2.66. The highest BCUT2D eigenvalue weighted by Crippen LogP contribution is 2.23. The van der Waals surface area contributed by atoms with Crippen molar-refractivity contribution in [3.05, 3.63) is 71.4 Å². The molecular formula is C20H20N2O2S. The summed E-state index contributed by atoms with van der Waals surface area (Å²) in [4.78, 5) is 15.7. The van der Waals surface area contributed by atoms with Crippen LogP contribution >= 0.6 is 12.2 Å². The highest BCUT2D eigenvalue weighted by atomic mass is 32.1. The van der Waals surface area contributed by atoms with E-state index < -0.39 is 0 Å². The van der Waals surface area contributed by atoms with Crippen LogP contribution in [0.3, 0.4) is 0 Å². The van der Waals surface area contributed by atoms with E-state index in [1.807, 2.05) is 74.6 Å². The van der Waals surface area contributed by atoms with Gasteiger partial charge < -0.3 is 9.64 Å². The molecule has 5 heteroatoms. The number of nitrogens with zero attached hydrogens (tertiary/aromatic N) is 2. The van der Waals surface area contributed by atoms with Crippen LogP contribution in [-0.4, -0.2) is 34.4 Å². The fourth-order valence-electron chi connectivity index (χ4n) is 2.65. The molecule has 0 radical (unpaired) electrons. The molecule has 1 aliphatic heterocycles. The van der Waals surface area contributed by atoms with Crippen LogP contribution in [0.15, 0.2) is 60.3 Å². The number of benzene rings is 2. The monoisotopic (exact) mass is 352 g/mol. The lowest BCUT2D eigenvalue weighted by Crippen LogP contribution is -2.30. The fourth-order valence-corrected chi connectivity index (χ4v) is 2.96. The lowest BCUT2D eigenvalue weighted by molar-refractivity contribution is -0.122. The maximum atomic E-state index is 12.4. The molecule has 0 unspecified atom stereocenters. The molecule has 0 saturated carbocycles. The van der Waals surface area contributed by atoms with Crippen molar-refractivity contribution in [3.8, 4) is 5.75 Å². The predicted octanol–water partition coefficient (Wildman–Crippen LogP) is 3.69. The van der Waals surface area contributed by atoms with Crippen molar-refractivity contribution in [1.29, 1.82) is 0 Å². The average Bonchev–Trinajstić information content (AvgIpc) is 2.85. The normalized spacial score (nSPS) is 16.0. The van der Waals surface area contributed by atoms with Gasteiger partial charge in [0, 0.05) is 13.6 Å². The Labute approximate surface area is 153 Å². The van der Waals surface area contributed by atoms with Crippen LogP contribution in [0.2, 0.25) is 0 Å². The molecule has 2 aromatic carbocycles. The molecule has 128 valence electrons. The predicted molar refractivity (Wildman–Crippen MR) is 103 cm³/mol. The second kappa shape index (κ2) is 7.49. The van der Waals surface area contributed by atoms with Gasteiger partial charge in [0.15, 0.2) is 5.11 Å². The SMILES string of the molecule is CCN1C(=O)/C(=C/c2ccc(OCc3ccccc3)cc2)N(C)C1=S. The van der Waals surface area contributed by atoms with Crippen molar-refractivity contribution in [1.82, 2.24) is 9.80 Å². The number of rotatable bonds is 5. The Kier molecular flexibility index (Phi) is 5.14. The molecule has 1 heterocycles. The third-order valence-electron chi connectivity index (χ3n) is 4.09. The number of ether oxygens (including phenoxy) is 1. The van der Waals surface area contributed by atoms with Gasteiger partial charge in [-0.25, -0.2) is 0 Å². The summed E-state index contributed by atoms with van der Waals surface area (Å²) in [6.45, 7) is 3.02. The van der Waals surface area contributed by atoms with Crippen LogP contribution in [-0.2, 0) is 11.4 Å². The maximum absolute atomic E-state index is 12.4. The molecule has 0 bridgehead atoms. The molecule has 1 aliphatic rings. The Morgan fingerprint density at radius 3 is 2.36 bits per heavy atom. The first kappa shape index (κ1) is 17.2. The van der Waals surface area contributed by atoms with E-state index in [0.717, 1.165) is 16.9 Å². The minimum atomic E-state index is -0.0561. The summed E-state index contributed by atoms with van der Waals surface area (Å²) in [6, 6.07) is 17.7. The number of carbonyl (C=O) groups is 1. The third kappa shape index (κ3) is 3.72. The standard InChI is InChI=1S/C20H20N2O2S/c1-3-22-19(23)18(21(2)20(22)25)13-15-9-11-17(12-10-15)24-14-16-7-5-4-6-8-16/h4-13H,3,14H2,1-2H3/b18-13-. The lowest BCUT2D eigenvalue weighted by Gasteiger charge is -2.13. The zero-order valence-electron chi connectivity index (χ0n) is 14.3. The molecule has 25 heavy (non-hydrogen) atoms. The van der Waals surface area contributed by atoms with Gasteiger partial charge in [0.1, 0.15) is 18.1 Å². The second-order valence-electron chi connectivity index (χ2n) is 5.76. The Morgan fingerprint density at radius 1 is 1.08 bits per heavy atom. The molecule has 3 rings (SSSR count). The number of carbonyl (C=O) groups excluding carboxylic acids is 1. The van der Waals surface area contributed by atoms with E-state index in [1.54, 1.807) is 9.80 Å². The summed E-state index contributed by atoms with van der Waals surface area (Å²) in [5.41, 5.74) is 2.65. The minimum Gasteiger partial charge on any atom is -0.489 e. The zero-order chi connectivity index (χ0) is 17.8. The van der Waals surface area contributed by atoms with Crippen molar-refractivity contribution in [3.63, 3.8) is 0 Å². The van der Waals surface area contributed by atoms with E-state index in [4.69, 9.17) is 17.0 Å². The molecule has 2 aromatic rings. The first-order valence-corrected chi connectivity index (χ1v) is 8.59. The average molecular weight is 352 g/mol. The van der Waals surface area contributed by atoms with Crippen LogP contribution in [0.25, 0.3) is 6.08 Å². The smallest absolute Gasteiger partial charge is 0.276 e. The molecule has 1 fully saturated rings. The summed E-state index contributed by atoms with van der Waals surface area (Å²) >= 11 is 5.30. The highest BCUT2D eigenvalue weighted by molar-refractivity contribution is 7.80. The minimum absolute atomic E-state index is 0.0561. The molecule has 0 atom stereocenters. The van der Waals surface area contributed by atoms with Crippen molar-refractivity contribution in [2.45, 2.75) is 13.5 Å². The molecule has 1 saturated heterocycles. The van der Waals surface area contributed by atoms with Crippen molar-refractivity contribution in [2.75, 3.05) is 13.6 Å². The summed E-state index contributed by atoms with van der Waals surface area (Å²) < 4.78 is 5.78. The topological polar surface area (TPSA) is 32.8 Å². The van der Waals surface area contributed by atoms with Crippen LogP contribution in [0.5, 0.6) is 5.75 Å². The van der Waals surface area contributed by atoms with Gasteiger partial charge in [-0.2, -0.15) is 0 Å². The molecule has 0 aliphatic carbocycles. The van der Waals surface area contributed by atoms with Gasteiger partial charge >= 0.3 is 0 Å². The van der Waals surface area contributed by atoms with E-state index in [9.17, 15) is 4.79 Å². The van der Waals surface area contributed by atoms with Crippen LogP contribution in [0.1, 0.15) is 18.1 Å². The van der Waals surface area contributed by atoms with Gasteiger partial charge in [0.25, 0.3) is 5.91 Å². The summed E-state index contributed by atoms with van der Waals surface area (Å²) in [7, 11) is 1.82. The second-order valence-corrected chi connectivity index (χ2v) is 6.13. The molecule has 1 amide bonds. The van der Waals surface area contributed by atoms with Crippen molar-refractivity contribution < 1.29 is 9.53 Å². The quantitative estimate of drug-likeness (QED) is 0.607. The third-order valence-corrected chi connectivity index (χ3v) is 4.59. The van der Waals surface area contributed by atoms with Gasteiger partial charge in [-0.15, -0.1) is 0 Å². The van der Waals surface area contributed by atoms with E-state index in [0.29, 0.717) is 24.0 Å². The van der Waals surface area contributed by atoms with E-state index >= 15 is 0 Å².